The van der Waals surface area contributed by atoms with E-state index in [0.717, 1.165) is 34.0 Å². The monoisotopic (exact) mass is 418 g/mol. The highest BCUT2D eigenvalue weighted by Crippen LogP contribution is 2.29. The minimum Gasteiger partial charge on any atom is -0.366 e. The molecular weight excluding hydrogens is 391 g/mol. The van der Waals surface area contributed by atoms with Gasteiger partial charge in [0.25, 0.3) is 0 Å². The maximum Gasteiger partial charge on any atom is 0.248 e. The fourth-order valence-corrected chi connectivity index (χ4v) is 3.14. The Bertz CT molecular complexity index is 1150. The van der Waals surface area contributed by atoms with Crippen molar-refractivity contribution in [2.45, 2.75) is 40.2 Å². The summed E-state index contributed by atoms with van der Waals surface area (Å²) in [6, 6.07) is 15.0. The van der Waals surface area contributed by atoms with Gasteiger partial charge in [0, 0.05) is 23.6 Å². The third-order valence-electron chi connectivity index (χ3n) is 4.41. The molecule has 0 aliphatic heterocycles. The highest BCUT2D eigenvalue weighted by molar-refractivity contribution is 5.98. The summed E-state index contributed by atoms with van der Waals surface area (Å²) in [5, 5.41) is 13.2. The molecule has 2 aromatic carbocycles. The number of nitrogens with two attached hydrogens (primary N) is 1. The first-order valence-electron chi connectivity index (χ1n) is 10.2. The molecule has 0 atom stereocenters. The van der Waals surface area contributed by atoms with Crippen molar-refractivity contribution in [3.8, 4) is 17.2 Å². The van der Waals surface area contributed by atoms with Gasteiger partial charge in [-0.2, -0.15) is 10.4 Å². The smallest absolute Gasteiger partial charge is 0.248 e. The second-order valence-electron chi connectivity index (χ2n) is 6.94. The molecule has 1 amide bonds. The van der Waals surface area contributed by atoms with E-state index in [1.807, 2.05) is 67.2 Å². The number of nitrogens with zero attached hydrogens (tertiary/aromatic N) is 3. The molecule has 0 radical (unpaired) electrons. The van der Waals surface area contributed by atoms with E-state index >= 15 is 0 Å². The van der Waals surface area contributed by atoms with Crippen molar-refractivity contribution in [1.29, 1.82) is 5.26 Å². The zero-order valence-electron chi connectivity index (χ0n) is 18.1. The summed E-state index contributed by atoms with van der Waals surface area (Å²) in [6.45, 7) is 5.77. The Morgan fingerprint density at radius 2 is 1.97 bits per heavy atom. The molecule has 0 bridgehead atoms. The van der Waals surface area contributed by atoms with Crippen molar-refractivity contribution >= 4 is 16.8 Å². The van der Waals surface area contributed by atoms with Gasteiger partial charge in [0.15, 0.2) is 0 Å². The first kappa shape index (κ1) is 23.6. The summed E-state index contributed by atoms with van der Waals surface area (Å²) in [4.78, 5) is 11.5. The molecule has 31 heavy (non-hydrogen) atoms. The van der Waals surface area contributed by atoms with Crippen LogP contribution in [-0.4, -0.2) is 15.7 Å². The third kappa shape index (κ3) is 6.65. The Morgan fingerprint density at radius 1 is 1.26 bits per heavy atom. The molecule has 6 heteroatoms. The number of aromatic nitrogens is 2. The number of primary amides is 1. The standard InChI is InChI=1S/C22H22FN3O.C3H5N/c1-3-6-16(11-15(2)23)13-26-14-20-19(9-5-10-21(20)25-26)17-7-4-8-18(12-17)22(24)27;1-2-3-4/h4-12,14H,3,13H2,1-2H3,(H2,24,27);2H2,1H3/b15-11+,16-6+;. The lowest BCUT2D eigenvalue weighted by atomic mass is 10.00. The van der Waals surface area contributed by atoms with Crippen molar-refractivity contribution in [1.82, 2.24) is 9.78 Å². The minimum absolute atomic E-state index is 0.227. The summed E-state index contributed by atoms with van der Waals surface area (Å²) >= 11 is 0. The van der Waals surface area contributed by atoms with Gasteiger partial charge in [-0.3, -0.25) is 9.48 Å². The highest BCUT2D eigenvalue weighted by atomic mass is 19.1. The van der Waals surface area contributed by atoms with E-state index in [1.54, 1.807) is 12.1 Å². The SMILES string of the molecule is CC/C=C(\C=C(/C)F)Cn1cc2c(-c3cccc(C(N)=O)c3)cccc2n1.CCC#N. The zero-order valence-corrected chi connectivity index (χ0v) is 18.1. The highest BCUT2D eigenvalue weighted by Gasteiger charge is 2.10. The number of rotatable bonds is 6. The summed E-state index contributed by atoms with van der Waals surface area (Å²) in [7, 11) is 0. The average Bonchev–Trinajstić information content (AvgIpc) is 3.16. The van der Waals surface area contributed by atoms with Crippen LogP contribution >= 0.6 is 0 Å². The van der Waals surface area contributed by atoms with Gasteiger partial charge in [-0.25, -0.2) is 4.39 Å². The van der Waals surface area contributed by atoms with Gasteiger partial charge < -0.3 is 5.73 Å². The molecular formula is C25H27FN4O. The summed E-state index contributed by atoms with van der Waals surface area (Å²) in [5.74, 6) is -0.683. The van der Waals surface area contributed by atoms with Crippen LogP contribution in [0.15, 0.2) is 72.2 Å². The number of nitriles is 1. The van der Waals surface area contributed by atoms with Crippen LogP contribution in [0.4, 0.5) is 4.39 Å². The molecule has 0 spiro atoms. The van der Waals surface area contributed by atoms with Gasteiger partial charge in [0.1, 0.15) is 0 Å². The Morgan fingerprint density at radius 3 is 2.58 bits per heavy atom. The van der Waals surface area contributed by atoms with Gasteiger partial charge in [0.2, 0.25) is 5.91 Å². The number of fused-ring (bicyclic) bond motifs is 1. The number of hydrogen-bond acceptors (Lipinski definition) is 3. The van der Waals surface area contributed by atoms with Crippen molar-refractivity contribution < 1.29 is 9.18 Å². The Labute approximate surface area is 182 Å². The third-order valence-corrected chi connectivity index (χ3v) is 4.41. The second kappa shape index (κ2) is 11.5. The van der Waals surface area contributed by atoms with E-state index in [9.17, 15) is 9.18 Å². The molecule has 0 saturated heterocycles. The fourth-order valence-electron chi connectivity index (χ4n) is 3.14. The number of hydrogen-bond donors (Lipinski definition) is 1. The van der Waals surface area contributed by atoms with Gasteiger partial charge in [0.05, 0.1) is 24.0 Å². The van der Waals surface area contributed by atoms with Crippen molar-refractivity contribution in [3.05, 3.63) is 77.8 Å². The normalized spacial score (nSPS) is 11.6. The van der Waals surface area contributed by atoms with Gasteiger partial charge in [-0.05, 0) is 54.3 Å². The molecule has 5 nitrogen and oxygen atoms in total. The number of benzene rings is 2. The van der Waals surface area contributed by atoms with E-state index in [1.165, 1.54) is 13.0 Å². The van der Waals surface area contributed by atoms with Crippen LogP contribution in [0.5, 0.6) is 0 Å². The van der Waals surface area contributed by atoms with Gasteiger partial charge in [-0.15, -0.1) is 0 Å². The fraction of sp³-hybridized carbons (Fsp3) is 0.240. The first-order chi connectivity index (χ1) is 14.9. The Balaban J connectivity index is 0.000000785. The summed E-state index contributed by atoms with van der Waals surface area (Å²) < 4.78 is 15.1. The van der Waals surface area contributed by atoms with E-state index in [-0.39, 0.29) is 5.83 Å². The largest absolute Gasteiger partial charge is 0.366 e. The molecule has 1 aromatic heterocycles. The van der Waals surface area contributed by atoms with Crippen LogP contribution in [0.1, 0.15) is 44.0 Å². The van der Waals surface area contributed by atoms with E-state index in [2.05, 4.69) is 5.10 Å². The number of amides is 1. The number of allylic oxidation sites excluding steroid dienone is 4. The average molecular weight is 419 g/mol. The summed E-state index contributed by atoms with van der Waals surface area (Å²) in [6.07, 6.45) is 6.93. The Kier molecular flexibility index (Phi) is 8.71. The van der Waals surface area contributed by atoms with E-state index < -0.39 is 5.91 Å². The van der Waals surface area contributed by atoms with Crippen LogP contribution in [0.2, 0.25) is 0 Å². The lowest BCUT2D eigenvalue weighted by Crippen LogP contribution is -2.10. The predicted molar refractivity (Wildman–Crippen MR) is 123 cm³/mol. The quantitative estimate of drug-likeness (QED) is 0.503. The van der Waals surface area contributed by atoms with Gasteiger partial charge in [-0.1, -0.05) is 44.2 Å². The number of carbonyl (C=O) groups is 1. The van der Waals surface area contributed by atoms with Crippen LogP contribution in [-0.2, 0) is 6.54 Å². The number of carbonyl (C=O) groups excluding carboxylic acids is 1. The predicted octanol–water partition coefficient (Wildman–Crippen LogP) is 5.93. The van der Waals surface area contributed by atoms with Crippen molar-refractivity contribution in [2.24, 2.45) is 5.73 Å². The van der Waals surface area contributed by atoms with Crippen LogP contribution in [0.25, 0.3) is 22.0 Å². The molecule has 1 heterocycles. The minimum atomic E-state index is -0.456. The maximum atomic E-state index is 13.3. The first-order valence-corrected chi connectivity index (χ1v) is 10.2. The topological polar surface area (TPSA) is 84.7 Å². The van der Waals surface area contributed by atoms with E-state index in [4.69, 9.17) is 11.0 Å². The van der Waals surface area contributed by atoms with Crippen molar-refractivity contribution in [3.63, 3.8) is 0 Å². The maximum absolute atomic E-state index is 13.3. The van der Waals surface area contributed by atoms with Crippen molar-refractivity contribution in [2.75, 3.05) is 0 Å². The Hall–Kier alpha value is -3.72. The molecule has 0 saturated carbocycles. The molecule has 0 aliphatic carbocycles. The molecule has 160 valence electrons. The van der Waals surface area contributed by atoms with Crippen LogP contribution in [0, 0.1) is 11.3 Å². The number of halogens is 1. The zero-order chi connectivity index (χ0) is 22.8. The molecule has 3 aromatic rings. The molecule has 0 aliphatic rings. The summed E-state index contributed by atoms with van der Waals surface area (Å²) in [5.41, 5.74) is 9.46. The van der Waals surface area contributed by atoms with Gasteiger partial charge >= 0.3 is 0 Å². The molecule has 0 fully saturated rings. The van der Waals surface area contributed by atoms with Crippen LogP contribution in [0.3, 0.4) is 0 Å². The molecule has 3 rings (SSSR count). The lowest BCUT2D eigenvalue weighted by Gasteiger charge is -2.05. The second-order valence-corrected chi connectivity index (χ2v) is 6.94. The van der Waals surface area contributed by atoms with Crippen LogP contribution < -0.4 is 5.73 Å². The lowest BCUT2D eigenvalue weighted by molar-refractivity contribution is 0.100. The molecule has 2 N–H and O–H groups in total. The molecule has 0 unspecified atom stereocenters. The van der Waals surface area contributed by atoms with E-state index in [0.29, 0.717) is 18.5 Å².